The number of carbonyl (C=O) groups is 1. The van der Waals surface area contributed by atoms with Crippen molar-refractivity contribution in [1.82, 2.24) is 9.97 Å². The highest BCUT2D eigenvalue weighted by atomic mass is 32.1. The van der Waals surface area contributed by atoms with Crippen LogP contribution in [0.2, 0.25) is 0 Å². The van der Waals surface area contributed by atoms with Crippen molar-refractivity contribution < 1.29 is 13.9 Å². The van der Waals surface area contributed by atoms with Gasteiger partial charge < -0.3 is 9.72 Å². The van der Waals surface area contributed by atoms with Gasteiger partial charge in [-0.05, 0) is 48.9 Å². The van der Waals surface area contributed by atoms with Crippen molar-refractivity contribution in [1.29, 1.82) is 0 Å². The molecule has 0 aliphatic rings. The number of H-pyrrole nitrogens is 1. The first-order chi connectivity index (χ1) is 13.5. The maximum absolute atomic E-state index is 13.1. The Morgan fingerprint density at radius 2 is 1.86 bits per heavy atom. The van der Waals surface area contributed by atoms with Crippen molar-refractivity contribution in [2.75, 3.05) is 0 Å². The van der Waals surface area contributed by atoms with Crippen molar-refractivity contribution >= 4 is 28.2 Å². The van der Waals surface area contributed by atoms with E-state index in [9.17, 15) is 14.0 Å². The summed E-state index contributed by atoms with van der Waals surface area (Å²) >= 11 is 1.25. The molecule has 0 bridgehead atoms. The van der Waals surface area contributed by atoms with Crippen molar-refractivity contribution in [3.05, 3.63) is 87.5 Å². The molecule has 0 saturated carbocycles. The molecule has 1 N–H and O–H groups in total. The van der Waals surface area contributed by atoms with Crippen LogP contribution >= 0.6 is 11.3 Å². The summed E-state index contributed by atoms with van der Waals surface area (Å²) in [5.74, 6) is -0.542. The molecule has 1 atom stereocenters. The number of thiophene rings is 1. The molecule has 5 nitrogen and oxygen atoms in total. The highest BCUT2D eigenvalue weighted by Gasteiger charge is 2.18. The van der Waals surface area contributed by atoms with Crippen molar-refractivity contribution in [2.45, 2.75) is 13.0 Å². The first kappa shape index (κ1) is 18.1. The molecule has 4 aromatic rings. The monoisotopic (exact) mass is 394 g/mol. The maximum atomic E-state index is 13.1. The molecule has 0 amide bonds. The zero-order valence-corrected chi connectivity index (χ0v) is 15.6. The molecule has 28 heavy (non-hydrogen) atoms. The van der Waals surface area contributed by atoms with E-state index >= 15 is 0 Å². The number of esters is 1. The van der Waals surface area contributed by atoms with E-state index in [4.69, 9.17) is 4.74 Å². The molecule has 0 aliphatic heterocycles. The second-order valence-corrected chi connectivity index (χ2v) is 7.27. The molecule has 0 fully saturated rings. The summed E-state index contributed by atoms with van der Waals surface area (Å²) in [4.78, 5) is 33.0. The summed E-state index contributed by atoms with van der Waals surface area (Å²) in [6.07, 6.45) is -0.721. The number of nitrogens with one attached hydrogen (secondary N) is 1. The average molecular weight is 394 g/mol. The molecule has 1 unspecified atom stereocenters. The quantitative estimate of drug-likeness (QED) is 0.509. The number of fused-ring (bicyclic) bond motifs is 1. The fourth-order valence-electron chi connectivity index (χ4n) is 2.79. The average Bonchev–Trinajstić information content (AvgIpc) is 3.19. The van der Waals surface area contributed by atoms with E-state index in [2.05, 4.69) is 9.97 Å². The second kappa shape index (κ2) is 7.36. The van der Waals surface area contributed by atoms with Gasteiger partial charge in [0.1, 0.15) is 10.7 Å². The fraction of sp³-hybridized carbons (Fsp3) is 0.0952. The van der Waals surface area contributed by atoms with Crippen LogP contribution in [0.25, 0.3) is 21.3 Å². The number of hydrogen-bond acceptors (Lipinski definition) is 5. The van der Waals surface area contributed by atoms with E-state index in [1.54, 1.807) is 55.5 Å². The van der Waals surface area contributed by atoms with Gasteiger partial charge in [-0.2, -0.15) is 0 Å². The lowest BCUT2D eigenvalue weighted by atomic mass is 10.2. The first-order valence-corrected chi connectivity index (χ1v) is 9.38. The number of aromatic amines is 1. The van der Waals surface area contributed by atoms with Crippen LogP contribution in [0.3, 0.4) is 0 Å². The van der Waals surface area contributed by atoms with Crippen LogP contribution in [0.4, 0.5) is 4.39 Å². The molecule has 140 valence electrons. The van der Waals surface area contributed by atoms with Gasteiger partial charge in [-0.1, -0.05) is 24.3 Å². The summed E-state index contributed by atoms with van der Waals surface area (Å²) in [5.41, 5.74) is 1.08. The molecule has 2 aromatic heterocycles. The second-order valence-electron chi connectivity index (χ2n) is 6.19. The molecule has 0 aliphatic carbocycles. The van der Waals surface area contributed by atoms with Gasteiger partial charge in [0.05, 0.1) is 10.9 Å². The molecule has 0 spiro atoms. The molecule has 2 heterocycles. The van der Waals surface area contributed by atoms with Crippen LogP contribution in [-0.4, -0.2) is 15.9 Å². The molecular weight excluding hydrogens is 379 g/mol. The third-order valence-electron chi connectivity index (χ3n) is 4.24. The van der Waals surface area contributed by atoms with Crippen LogP contribution in [0.1, 0.15) is 28.5 Å². The van der Waals surface area contributed by atoms with E-state index in [0.717, 1.165) is 10.4 Å². The summed E-state index contributed by atoms with van der Waals surface area (Å²) < 4.78 is 18.5. The summed E-state index contributed by atoms with van der Waals surface area (Å²) in [7, 11) is 0. The number of carbonyl (C=O) groups excluding carboxylic acids is 1. The zero-order chi connectivity index (χ0) is 19.7. The van der Waals surface area contributed by atoms with E-state index < -0.39 is 12.1 Å². The molecule has 2 aromatic carbocycles. The number of para-hydroxylation sites is 1. The Labute approximate surface area is 163 Å². The summed E-state index contributed by atoms with van der Waals surface area (Å²) in [6, 6.07) is 16.5. The third-order valence-corrected chi connectivity index (χ3v) is 5.35. The van der Waals surface area contributed by atoms with Gasteiger partial charge in [-0.25, -0.2) is 14.2 Å². The molecule has 0 radical (unpaired) electrons. The Morgan fingerprint density at radius 3 is 2.64 bits per heavy atom. The first-order valence-electron chi connectivity index (χ1n) is 8.57. The van der Waals surface area contributed by atoms with Gasteiger partial charge in [-0.15, -0.1) is 11.3 Å². The Bertz CT molecular complexity index is 1210. The highest BCUT2D eigenvalue weighted by Crippen LogP contribution is 2.29. The molecule has 0 saturated heterocycles. The Balaban J connectivity index is 1.54. The van der Waals surface area contributed by atoms with E-state index in [1.165, 1.54) is 23.5 Å². The minimum Gasteiger partial charge on any atom is -0.450 e. The van der Waals surface area contributed by atoms with E-state index in [1.807, 2.05) is 0 Å². The summed E-state index contributed by atoms with van der Waals surface area (Å²) in [6.45, 7) is 1.65. The Morgan fingerprint density at radius 1 is 1.11 bits per heavy atom. The number of halogens is 1. The minimum absolute atomic E-state index is 0.279. The Kier molecular flexibility index (Phi) is 4.75. The number of benzene rings is 2. The third kappa shape index (κ3) is 3.57. The lowest BCUT2D eigenvalue weighted by molar-refractivity contribution is 0.0326. The van der Waals surface area contributed by atoms with Gasteiger partial charge in [0.15, 0.2) is 11.9 Å². The molecule has 4 rings (SSSR count). The topological polar surface area (TPSA) is 72.0 Å². The van der Waals surface area contributed by atoms with Crippen LogP contribution < -0.4 is 5.56 Å². The van der Waals surface area contributed by atoms with Gasteiger partial charge in [0.2, 0.25) is 0 Å². The SMILES string of the molecule is CC(OC(=O)c1ccc(-c2ccc(F)cc2)s1)c1nc2ccccc2c(=O)[nH]1. The van der Waals surface area contributed by atoms with Crippen LogP contribution in [0.5, 0.6) is 0 Å². The van der Waals surface area contributed by atoms with Crippen molar-refractivity contribution in [3.8, 4) is 10.4 Å². The smallest absolute Gasteiger partial charge is 0.349 e. The van der Waals surface area contributed by atoms with E-state index in [-0.39, 0.29) is 17.2 Å². The maximum Gasteiger partial charge on any atom is 0.349 e. The minimum atomic E-state index is -0.721. The highest BCUT2D eigenvalue weighted by molar-refractivity contribution is 7.17. The van der Waals surface area contributed by atoms with Crippen molar-refractivity contribution in [3.63, 3.8) is 0 Å². The lowest BCUT2D eigenvalue weighted by Crippen LogP contribution is -2.17. The van der Waals surface area contributed by atoms with Gasteiger partial charge >= 0.3 is 5.97 Å². The largest absolute Gasteiger partial charge is 0.450 e. The number of rotatable bonds is 4. The van der Waals surface area contributed by atoms with Crippen LogP contribution in [0, 0.1) is 5.82 Å². The summed E-state index contributed by atoms with van der Waals surface area (Å²) in [5, 5.41) is 0.479. The normalized spacial score (nSPS) is 12.1. The van der Waals surface area contributed by atoms with Crippen molar-refractivity contribution in [2.24, 2.45) is 0 Å². The number of aromatic nitrogens is 2. The van der Waals surface area contributed by atoms with E-state index in [0.29, 0.717) is 15.8 Å². The predicted octanol–water partition coefficient (Wildman–Crippen LogP) is 4.71. The lowest BCUT2D eigenvalue weighted by Gasteiger charge is -2.12. The predicted molar refractivity (Wildman–Crippen MR) is 106 cm³/mol. The number of nitrogens with zero attached hydrogens (tertiary/aromatic N) is 1. The van der Waals surface area contributed by atoms with Gasteiger partial charge in [-0.3, -0.25) is 4.79 Å². The zero-order valence-electron chi connectivity index (χ0n) is 14.8. The van der Waals surface area contributed by atoms with Gasteiger partial charge in [0.25, 0.3) is 5.56 Å². The standard InChI is InChI=1S/C21H15FN2O3S/c1-12(19-23-16-5-3-2-4-15(16)20(25)24-19)27-21(26)18-11-10-17(28-18)13-6-8-14(22)9-7-13/h2-12H,1H3,(H,23,24,25). The van der Waals surface area contributed by atoms with Gasteiger partial charge in [0, 0.05) is 4.88 Å². The fourth-order valence-corrected chi connectivity index (χ4v) is 3.68. The number of hydrogen-bond donors (Lipinski definition) is 1. The number of ether oxygens (including phenoxy) is 1. The molecule has 7 heteroatoms. The Hall–Kier alpha value is -3.32. The van der Waals surface area contributed by atoms with Crippen LogP contribution in [-0.2, 0) is 4.74 Å². The molecular formula is C21H15FN2O3S. The van der Waals surface area contributed by atoms with Crippen LogP contribution in [0.15, 0.2) is 65.5 Å².